The molecule has 2 aliphatic rings. The van der Waals surface area contributed by atoms with Gasteiger partial charge in [0.05, 0.1) is 24.9 Å². The highest BCUT2D eigenvalue weighted by molar-refractivity contribution is 5.89. The van der Waals surface area contributed by atoms with E-state index >= 15 is 0 Å². The van der Waals surface area contributed by atoms with Crippen LogP contribution in [0, 0.1) is 0 Å². The third-order valence-corrected chi connectivity index (χ3v) is 4.59. The van der Waals surface area contributed by atoms with E-state index in [0.717, 1.165) is 44.9 Å². The molecule has 1 unspecified atom stereocenters. The van der Waals surface area contributed by atoms with Gasteiger partial charge in [0.25, 0.3) is 0 Å². The molecular formula is C16H26N4O2. The molecule has 1 aromatic rings. The Morgan fingerprint density at radius 3 is 3.05 bits per heavy atom. The van der Waals surface area contributed by atoms with Crippen molar-refractivity contribution in [2.75, 3.05) is 31.6 Å². The van der Waals surface area contributed by atoms with E-state index in [-0.39, 0.29) is 12.0 Å². The summed E-state index contributed by atoms with van der Waals surface area (Å²) >= 11 is 0. The van der Waals surface area contributed by atoms with Gasteiger partial charge in [-0.05, 0) is 19.8 Å². The van der Waals surface area contributed by atoms with Crippen LogP contribution in [0.5, 0.6) is 0 Å². The van der Waals surface area contributed by atoms with Crippen molar-refractivity contribution in [1.82, 2.24) is 14.7 Å². The van der Waals surface area contributed by atoms with Crippen molar-refractivity contribution in [2.45, 2.75) is 51.2 Å². The van der Waals surface area contributed by atoms with Crippen LogP contribution in [0.15, 0.2) is 12.3 Å². The molecule has 6 nitrogen and oxygen atoms in total. The summed E-state index contributed by atoms with van der Waals surface area (Å²) in [6.07, 6.45) is 7.40. The number of anilines is 1. The zero-order valence-corrected chi connectivity index (χ0v) is 13.3. The molecule has 2 heterocycles. The Kier molecular flexibility index (Phi) is 5.10. The summed E-state index contributed by atoms with van der Waals surface area (Å²) in [7, 11) is 0. The van der Waals surface area contributed by atoms with Crippen molar-refractivity contribution >= 4 is 11.7 Å². The van der Waals surface area contributed by atoms with Gasteiger partial charge in [-0.25, -0.2) is 4.68 Å². The topological polar surface area (TPSA) is 59.4 Å². The lowest BCUT2D eigenvalue weighted by Crippen LogP contribution is -2.42. The van der Waals surface area contributed by atoms with Gasteiger partial charge >= 0.3 is 0 Å². The van der Waals surface area contributed by atoms with Gasteiger partial charge < -0.3 is 10.1 Å². The third-order valence-electron chi connectivity index (χ3n) is 4.59. The van der Waals surface area contributed by atoms with E-state index < -0.39 is 0 Å². The number of carbonyl (C=O) groups is 1. The summed E-state index contributed by atoms with van der Waals surface area (Å²) in [6.45, 7) is 5.45. The summed E-state index contributed by atoms with van der Waals surface area (Å²) in [6, 6.07) is 2.35. The molecule has 0 aromatic carbocycles. The fourth-order valence-corrected chi connectivity index (χ4v) is 3.41. The lowest BCUT2D eigenvalue weighted by atomic mass is 10.2. The molecule has 3 rings (SSSR count). The maximum absolute atomic E-state index is 12.2. The predicted octanol–water partition coefficient (Wildman–Crippen LogP) is 2.05. The zero-order chi connectivity index (χ0) is 15.4. The molecule has 1 aliphatic carbocycles. The van der Waals surface area contributed by atoms with Crippen molar-refractivity contribution in [3.8, 4) is 0 Å². The molecule has 1 N–H and O–H groups in total. The van der Waals surface area contributed by atoms with Crippen molar-refractivity contribution in [3.05, 3.63) is 12.3 Å². The van der Waals surface area contributed by atoms with Gasteiger partial charge in [-0.15, -0.1) is 0 Å². The van der Waals surface area contributed by atoms with Gasteiger partial charge in [-0.1, -0.05) is 12.8 Å². The molecule has 1 amide bonds. The van der Waals surface area contributed by atoms with Gasteiger partial charge in [0.1, 0.15) is 5.82 Å². The van der Waals surface area contributed by atoms with E-state index in [1.54, 1.807) is 6.20 Å². The van der Waals surface area contributed by atoms with Gasteiger partial charge in [0, 0.05) is 32.1 Å². The standard InChI is InChI=1S/C16H26N4O2/c1-13-12-19(10-11-22-13)9-7-16(21)18-15-6-8-17-20(15)14-4-2-3-5-14/h6,8,13-14H,2-5,7,9-12H2,1H3,(H,18,21). The van der Waals surface area contributed by atoms with E-state index in [1.807, 2.05) is 10.7 Å². The van der Waals surface area contributed by atoms with Crippen molar-refractivity contribution in [2.24, 2.45) is 0 Å². The highest BCUT2D eigenvalue weighted by Gasteiger charge is 2.21. The zero-order valence-electron chi connectivity index (χ0n) is 13.3. The van der Waals surface area contributed by atoms with E-state index in [0.29, 0.717) is 12.5 Å². The third kappa shape index (κ3) is 3.87. The number of nitrogens with zero attached hydrogens (tertiary/aromatic N) is 3. The summed E-state index contributed by atoms with van der Waals surface area (Å²) in [5.41, 5.74) is 0. The van der Waals surface area contributed by atoms with Gasteiger partial charge in [0.15, 0.2) is 0 Å². The maximum atomic E-state index is 12.2. The second-order valence-electron chi connectivity index (χ2n) is 6.38. The van der Waals surface area contributed by atoms with E-state index in [2.05, 4.69) is 22.2 Å². The first-order valence-corrected chi connectivity index (χ1v) is 8.39. The molecule has 1 saturated heterocycles. The van der Waals surface area contributed by atoms with Crippen LogP contribution < -0.4 is 5.32 Å². The minimum atomic E-state index is 0.0684. The first kappa shape index (κ1) is 15.5. The van der Waals surface area contributed by atoms with Crippen LogP contribution in [0.3, 0.4) is 0 Å². The highest BCUT2D eigenvalue weighted by atomic mass is 16.5. The summed E-state index contributed by atoms with van der Waals surface area (Å²) < 4.78 is 7.51. The average molecular weight is 306 g/mol. The van der Waals surface area contributed by atoms with Crippen LogP contribution in [-0.2, 0) is 9.53 Å². The molecular weight excluding hydrogens is 280 g/mol. The van der Waals surface area contributed by atoms with Crippen LogP contribution in [0.2, 0.25) is 0 Å². The van der Waals surface area contributed by atoms with Crippen LogP contribution >= 0.6 is 0 Å². The molecule has 1 aliphatic heterocycles. The van der Waals surface area contributed by atoms with Crippen LogP contribution in [0.4, 0.5) is 5.82 Å². The largest absolute Gasteiger partial charge is 0.376 e. The normalized spacial score (nSPS) is 23.8. The number of nitrogens with one attached hydrogen (secondary N) is 1. The summed E-state index contributed by atoms with van der Waals surface area (Å²) in [5.74, 6) is 0.908. The molecule has 22 heavy (non-hydrogen) atoms. The summed E-state index contributed by atoms with van der Waals surface area (Å²) in [4.78, 5) is 14.5. The average Bonchev–Trinajstić information content (AvgIpc) is 3.16. The van der Waals surface area contributed by atoms with Gasteiger partial charge in [-0.3, -0.25) is 9.69 Å². The summed E-state index contributed by atoms with van der Waals surface area (Å²) in [5, 5.41) is 7.41. The molecule has 1 aromatic heterocycles. The minimum absolute atomic E-state index is 0.0684. The van der Waals surface area contributed by atoms with E-state index in [9.17, 15) is 4.79 Å². The first-order valence-electron chi connectivity index (χ1n) is 8.39. The highest BCUT2D eigenvalue weighted by Crippen LogP contribution is 2.31. The molecule has 6 heteroatoms. The molecule has 0 spiro atoms. The first-order chi connectivity index (χ1) is 10.7. The van der Waals surface area contributed by atoms with Gasteiger partial charge in [0.2, 0.25) is 5.91 Å². The fraction of sp³-hybridized carbons (Fsp3) is 0.750. The Bertz CT molecular complexity index is 496. The SMILES string of the molecule is CC1CN(CCC(=O)Nc2ccnn2C2CCCC2)CCO1. The Morgan fingerprint density at radius 1 is 1.45 bits per heavy atom. The number of morpholine rings is 1. The van der Waals surface area contributed by atoms with Crippen LogP contribution in [0.1, 0.15) is 45.1 Å². The number of hydrogen-bond donors (Lipinski definition) is 1. The number of hydrogen-bond acceptors (Lipinski definition) is 4. The van der Waals surface area contributed by atoms with Crippen molar-refractivity contribution in [1.29, 1.82) is 0 Å². The number of amides is 1. The number of carbonyl (C=O) groups excluding carboxylic acids is 1. The molecule has 0 radical (unpaired) electrons. The van der Waals surface area contributed by atoms with E-state index in [1.165, 1.54) is 12.8 Å². The molecule has 1 atom stereocenters. The quantitative estimate of drug-likeness (QED) is 0.904. The fourth-order valence-electron chi connectivity index (χ4n) is 3.41. The Balaban J connectivity index is 1.48. The van der Waals surface area contributed by atoms with Gasteiger partial charge in [-0.2, -0.15) is 5.10 Å². The van der Waals surface area contributed by atoms with E-state index in [4.69, 9.17) is 4.74 Å². The number of aromatic nitrogens is 2. The van der Waals surface area contributed by atoms with Crippen molar-refractivity contribution in [3.63, 3.8) is 0 Å². The number of ether oxygens (including phenoxy) is 1. The number of rotatable bonds is 5. The second-order valence-corrected chi connectivity index (χ2v) is 6.38. The Morgan fingerprint density at radius 2 is 2.27 bits per heavy atom. The van der Waals surface area contributed by atoms with Crippen LogP contribution in [0.25, 0.3) is 0 Å². The van der Waals surface area contributed by atoms with Crippen molar-refractivity contribution < 1.29 is 9.53 Å². The Hall–Kier alpha value is -1.40. The molecule has 0 bridgehead atoms. The lowest BCUT2D eigenvalue weighted by Gasteiger charge is -2.30. The Labute approximate surface area is 131 Å². The van der Waals surface area contributed by atoms with Crippen LogP contribution in [-0.4, -0.2) is 52.9 Å². The predicted molar refractivity (Wildman–Crippen MR) is 84.8 cm³/mol. The lowest BCUT2D eigenvalue weighted by molar-refractivity contribution is -0.117. The second kappa shape index (κ2) is 7.24. The maximum Gasteiger partial charge on any atom is 0.226 e. The smallest absolute Gasteiger partial charge is 0.226 e. The minimum Gasteiger partial charge on any atom is -0.376 e. The monoisotopic (exact) mass is 306 g/mol. The molecule has 2 fully saturated rings. The molecule has 1 saturated carbocycles. The molecule has 122 valence electrons.